The number of rotatable bonds is 0. The van der Waals surface area contributed by atoms with Crippen LogP contribution in [0.5, 0.6) is 0 Å². The Morgan fingerprint density at radius 1 is 1.18 bits per heavy atom. The fraction of sp³-hybridized carbons (Fsp3) is 0.400. The van der Waals surface area contributed by atoms with Gasteiger partial charge in [0, 0.05) is 0 Å². The monoisotopic (exact) mass is 148 g/mol. The SMILES string of the molecule is Cc1cc(C)c2c(c1)COC2. The molecule has 1 heterocycles. The van der Waals surface area contributed by atoms with Gasteiger partial charge in [-0.05, 0) is 30.5 Å². The summed E-state index contributed by atoms with van der Waals surface area (Å²) in [6, 6.07) is 4.43. The fourth-order valence-electron chi connectivity index (χ4n) is 1.68. The van der Waals surface area contributed by atoms with E-state index in [1.807, 2.05) is 0 Å². The molecule has 0 atom stereocenters. The van der Waals surface area contributed by atoms with Crippen molar-refractivity contribution in [3.8, 4) is 0 Å². The van der Waals surface area contributed by atoms with Gasteiger partial charge < -0.3 is 4.74 Å². The summed E-state index contributed by atoms with van der Waals surface area (Å²) in [6.07, 6.45) is 0. The predicted octanol–water partition coefficient (Wildman–Crippen LogP) is 2.33. The van der Waals surface area contributed by atoms with Crippen LogP contribution < -0.4 is 0 Å². The summed E-state index contributed by atoms with van der Waals surface area (Å²) >= 11 is 0. The standard InChI is InChI=1S/C10H12O/c1-7-3-8(2)10-6-11-5-9(10)4-7/h3-4H,5-6H2,1-2H3. The highest BCUT2D eigenvalue weighted by atomic mass is 16.5. The van der Waals surface area contributed by atoms with Gasteiger partial charge in [-0.15, -0.1) is 0 Å². The average molecular weight is 148 g/mol. The molecule has 58 valence electrons. The van der Waals surface area contributed by atoms with Crippen molar-refractivity contribution in [2.45, 2.75) is 27.1 Å². The molecular formula is C10H12O. The van der Waals surface area contributed by atoms with Crippen molar-refractivity contribution in [1.82, 2.24) is 0 Å². The summed E-state index contributed by atoms with van der Waals surface area (Å²) in [5, 5.41) is 0. The quantitative estimate of drug-likeness (QED) is 0.548. The maximum Gasteiger partial charge on any atom is 0.0727 e. The van der Waals surface area contributed by atoms with Crippen LogP contribution in [-0.2, 0) is 18.0 Å². The van der Waals surface area contributed by atoms with E-state index in [0.717, 1.165) is 13.2 Å². The molecule has 0 unspecified atom stereocenters. The van der Waals surface area contributed by atoms with Gasteiger partial charge in [0.1, 0.15) is 0 Å². The molecule has 0 saturated heterocycles. The Labute approximate surface area is 67.0 Å². The van der Waals surface area contributed by atoms with Gasteiger partial charge in [0.25, 0.3) is 0 Å². The zero-order valence-corrected chi connectivity index (χ0v) is 6.98. The van der Waals surface area contributed by atoms with Gasteiger partial charge in [-0.2, -0.15) is 0 Å². The average Bonchev–Trinajstić information content (AvgIpc) is 2.34. The molecule has 1 aliphatic rings. The first-order chi connectivity index (χ1) is 5.27. The number of hydrogen-bond acceptors (Lipinski definition) is 1. The third kappa shape index (κ3) is 1.05. The van der Waals surface area contributed by atoms with Crippen molar-refractivity contribution in [3.63, 3.8) is 0 Å². The molecule has 0 aromatic heterocycles. The van der Waals surface area contributed by atoms with Gasteiger partial charge in [0.05, 0.1) is 13.2 Å². The van der Waals surface area contributed by atoms with E-state index in [1.54, 1.807) is 0 Å². The lowest BCUT2D eigenvalue weighted by Crippen LogP contribution is -1.88. The zero-order valence-electron chi connectivity index (χ0n) is 6.98. The highest BCUT2D eigenvalue weighted by Gasteiger charge is 2.12. The first-order valence-electron chi connectivity index (χ1n) is 3.94. The molecule has 2 rings (SSSR count). The highest BCUT2D eigenvalue weighted by molar-refractivity contribution is 5.38. The fourth-order valence-corrected chi connectivity index (χ4v) is 1.68. The molecular weight excluding hydrogens is 136 g/mol. The van der Waals surface area contributed by atoms with Crippen molar-refractivity contribution in [1.29, 1.82) is 0 Å². The van der Waals surface area contributed by atoms with Gasteiger partial charge in [0.2, 0.25) is 0 Å². The predicted molar refractivity (Wildman–Crippen MR) is 44.4 cm³/mol. The van der Waals surface area contributed by atoms with Crippen LogP contribution in [0.25, 0.3) is 0 Å². The zero-order chi connectivity index (χ0) is 7.84. The topological polar surface area (TPSA) is 9.23 Å². The van der Waals surface area contributed by atoms with Gasteiger partial charge in [-0.1, -0.05) is 17.7 Å². The van der Waals surface area contributed by atoms with Crippen LogP contribution in [0, 0.1) is 13.8 Å². The molecule has 1 aliphatic heterocycles. The van der Waals surface area contributed by atoms with E-state index in [-0.39, 0.29) is 0 Å². The van der Waals surface area contributed by atoms with Crippen molar-refractivity contribution in [2.75, 3.05) is 0 Å². The van der Waals surface area contributed by atoms with Crippen LogP contribution in [0.4, 0.5) is 0 Å². The van der Waals surface area contributed by atoms with Crippen LogP contribution in [0.1, 0.15) is 22.3 Å². The lowest BCUT2D eigenvalue weighted by Gasteiger charge is -2.02. The van der Waals surface area contributed by atoms with Gasteiger partial charge in [-0.25, -0.2) is 0 Å². The molecule has 0 saturated carbocycles. The van der Waals surface area contributed by atoms with E-state index in [2.05, 4.69) is 26.0 Å². The lowest BCUT2D eigenvalue weighted by molar-refractivity contribution is 0.134. The van der Waals surface area contributed by atoms with E-state index >= 15 is 0 Å². The number of aryl methyl sites for hydroxylation is 2. The van der Waals surface area contributed by atoms with Crippen LogP contribution in [0.3, 0.4) is 0 Å². The van der Waals surface area contributed by atoms with E-state index < -0.39 is 0 Å². The molecule has 0 radical (unpaired) electrons. The third-order valence-electron chi connectivity index (χ3n) is 2.21. The first kappa shape index (κ1) is 6.86. The summed E-state index contributed by atoms with van der Waals surface area (Å²) in [7, 11) is 0. The molecule has 1 aromatic carbocycles. The minimum Gasteiger partial charge on any atom is -0.372 e. The van der Waals surface area contributed by atoms with Crippen molar-refractivity contribution in [3.05, 3.63) is 34.4 Å². The highest BCUT2D eigenvalue weighted by Crippen LogP contribution is 2.24. The third-order valence-corrected chi connectivity index (χ3v) is 2.21. The summed E-state index contributed by atoms with van der Waals surface area (Å²) in [4.78, 5) is 0. The molecule has 0 aliphatic carbocycles. The van der Waals surface area contributed by atoms with Crippen LogP contribution in [0.2, 0.25) is 0 Å². The molecule has 0 spiro atoms. The van der Waals surface area contributed by atoms with Crippen LogP contribution in [-0.4, -0.2) is 0 Å². The van der Waals surface area contributed by atoms with E-state index in [4.69, 9.17) is 4.74 Å². The molecule has 0 bridgehead atoms. The summed E-state index contributed by atoms with van der Waals surface area (Å²) in [6.45, 7) is 5.89. The van der Waals surface area contributed by atoms with Crippen molar-refractivity contribution >= 4 is 0 Å². The summed E-state index contributed by atoms with van der Waals surface area (Å²) in [5.74, 6) is 0. The maximum absolute atomic E-state index is 5.35. The second kappa shape index (κ2) is 2.35. The molecule has 1 heteroatoms. The van der Waals surface area contributed by atoms with E-state index in [0.29, 0.717) is 0 Å². The van der Waals surface area contributed by atoms with Crippen LogP contribution in [0.15, 0.2) is 12.1 Å². The normalized spacial score (nSPS) is 15.1. The molecule has 11 heavy (non-hydrogen) atoms. The molecule has 0 N–H and O–H groups in total. The summed E-state index contributed by atoms with van der Waals surface area (Å²) < 4.78 is 5.35. The number of fused-ring (bicyclic) bond motifs is 1. The van der Waals surface area contributed by atoms with Gasteiger partial charge in [0.15, 0.2) is 0 Å². The minimum absolute atomic E-state index is 0.803. The smallest absolute Gasteiger partial charge is 0.0727 e. The minimum atomic E-state index is 0.803. The number of benzene rings is 1. The molecule has 1 aromatic rings. The molecule has 0 amide bonds. The largest absolute Gasteiger partial charge is 0.372 e. The Morgan fingerprint density at radius 2 is 2.00 bits per heavy atom. The first-order valence-corrected chi connectivity index (χ1v) is 3.94. The van der Waals surface area contributed by atoms with Crippen molar-refractivity contribution in [2.24, 2.45) is 0 Å². The second-order valence-electron chi connectivity index (χ2n) is 3.21. The Bertz CT molecular complexity index is 289. The Hall–Kier alpha value is -0.820. The Balaban J connectivity index is 2.60. The lowest BCUT2D eigenvalue weighted by atomic mass is 10.0. The van der Waals surface area contributed by atoms with Gasteiger partial charge in [-0.3, -0.25) is 0 Å². The van der Waals surface area contributed by atoms with E-state index in [1.165, 1.54) is 22.3 Å². The number of hydrogen-bond donors (Lipinski definition) is 0. The molecule has 1 nitrogen and oxygen atoms in total. The summed E-state index contributed by atoms with van der Waals surface area (Å²) in [5.41, 5.74) is 5.49. The maximum atomic E-state index is 5.35. The van der Waals surface area contributed by atoms with Gasteiger partial charge >= 0.3 is 0 Å². The second-order valence-corrected chi connectivity index (χ2v) is 3.21. The molecule has 0 fully saturated rings. The Kier molecular flexibility index (Phi) is 1.46. The van der Waals surface area contributed by atoms with Crippen LogP contribution >= 0.6 is 0 Å². The number of ether oxygens (including phenoxy) is 1. The Morgan fingerprint density at radius 3 is 2.82 bits per heavy atom. The van der Waals surface area contributed by atoms with Crippen molar-refractivity contribution < 1.29 is 4.74 Å². The van der Waals surface area contributed by atoms with E-state index in [9.17, 15) is 0 Å².